The van der Waals surface area contributed by atoms with Crippen LogP contribution in [-0.4, -0.2) is 59.7 Å². The number of nitrogens with one attached hydrogen (secondary N) is 3. The van der Waals surface area contributed by atoms with Crippen LogP contribution in [-0.2, 0) is 11.4 Å². The Bertz CT molecular complexity index is 1260. The maximum absolute atomic E-state index is 15.9. The van der Waals surface area contributed by atoms with Crippen LogP contribution < -0.4 is 16.1 Å². The smallest absolute Gasteiger partial charge is 0.277 e. The van der Waals surface area contributed by atoms with Crippen molar-refractivity contribution >= 4 is 55.8 Å². The highest BCUT2D eigenvalue weighted by Gasteiger charge is 2.25. The summed E-state index contributed by atoms with van der Waals surface area (Å²) in [7, 11) is 0. The molecule has 0 atom stereocenters. The van der Waals surface area contributed by atoms with E-state index < -0.39 is 11.7 Å². The zero-order valence-electron chi connectivity index (χ0n) is 20.5. The minimum atomic E-state index is -0.608. The summed E-state index contributed by atoms with van der Waals surface area (Å²) in [4.78, 5) is 25.3. The topological polar surface area (TPSA) is 83.5 Å². The number of anilines is 2. The first-order valence-corrected chi connectivity index (χ1v) is 13.9. The van der Waals surface area contributed by atoms with Crippen LogP contribution in [0.15, 0.2) is 35.1 Å². The van der Waals surface area contributed by atoms with Crippen molar-refractivity contribution in [2.24, 2.45) is 5.92 Å². The fourth-order valence-electron chi connectivity index (χ4n) is 4.48. The lowest BCUT2D eigenvalue weighted by atomic mass is 10.1. The number of benzene rings is 2. The molecule has 3 N–H and O–H groups in total. The summed E-state index contributed by atoms with van der Waals surface area (Å²) in [6, 6.07) is 6.89. The number of hydroxylamine groups is 1. The summed E-state index contributed by atoms with van der Waals surface area (Å²) in [5.74, 6) is -0.659. The number of carbonyl (C=O) groups excluding carboxylic acids is 1. The van der Waals surface area contributed by atoms with Crippen LogP contribution >= 0.6 is 27.5 Å². The van der Waals surface area contributed by atoms with E-state index in [0.29, 0.717) is 35.3 Å². The van der Waals surface area contributed by atoms with Crippen molar-refractivity contribution in [3.8, 4) is 0 Å². The number of fused-ring (bicyclic) bond motifs is 1. The van der Waals surface area contributed by atoms with Gasteiger partial charge in [0, 0.05) is 37.2 Å². The van der Waals surface area contributed by atoms with Gasteiger partial charge in [-0.15, -0.1) is 0 Å². The van der Waals surface area contributed by atoms with E-state index in [9.17, 15) is 4.79 Å². The SMILES string of the molecule is O=C(NOCC1CC1)c1cc2c(ncn2CCCCN2CCNCC2)c(F)c1Nc1ccc(Br)cc1Cl. The fourth-order valence-corrected chi connectivity index (χ4v) is 5.20. The van der Waals surface area contributed by atoms with E-state index in [-0.39, 0.29) is 16.8 Å². The van der Waals surface area contributed by atoms with Crippen molar-refractivity contribution in [3.63, 3.8) is 0 Å². The largest absolute Gasteiger partial charge is 0.351 e. The molecule has 1 saturated carbocycles. The lowest BCUT2D eigenvalue weighted by Gasteiger charge is -2.27. The monoisotopic (exact) mass is 592 g/mol. The van der Waals surface area contributed by atoms with Crippen molar-refractivity contribution in [1.29, 1.82) is 0 Å². The second-order valence-electron chi connectivity index (χ2n) is 9.65. The van der Waals surface area contributed by atoms with Gasteiger partial charge in [0.05, 0.1) is 40.4 Å². The molecule has 5 rings (SSSR count). The van der Waals surface area contributed by atoms with E-state index in [2.05, 4.69) is 41.9 Å². The maximum Gasteiger partial charge on any atom is 0.277 e. The maximum atomic E-state index is 15.9. The molecule has 2 aromatic carbocycles. The van der Waals surface area contributed by atoms with E-state index in [1.807, 2.05) is 4.57 Å². The van der Waals surface area contributed by atoms with E-state index >= 15 is 4.39 Å². The third-order valence-corrected chi connectivity index (χ3v) is 7.61. The number of hydrogen-bond acceptors (Lipinski definition) is 6. The highest BCUT2D eigenvalue weighted by atomic mass is 79.9. The molecule has 37 heavy (non-hydrogen) atoms. The van der Waals surface area contributed by atoms with Gasteiger partial charge in [-0.05, 0) is 62.4 Å². The Balaban J connectivity index is 1.37. The van der Waals surface area contributed by atoms with Gasteiger partial charge in [-0.1, -0.05) is 27.5 Å². The Kier molecular flexibility index (Phi) is 8.61. The number of imidazole rings is 1. The number of rotatable bonds is 11. The minimum absolute atomic E-state index is 0.00759. The predicted octanol–water partition coefficient (Wildman–Crippen LogP) is 5.09. The lowest BCUT2D eigenvalue weighted by Crippen LogP contribution is -2.43. The van der Waals surface area contributed by atoms with Crippen LogP contribution in [0.1, 0.15) is 36.0 Å². The standard InChI is InChI=1S/C26H31BrClFN6O2/c27-18-5-6-21(20(28)13-18)32-24-19(26(36)33-37-15-17-3-4-17)14-22-25(23(24)29)31-16-35(22)10-2-1-9-34-11-7-30-8-12-34/h5-6,13-14,16-17,30,32H,1-4,7-12,15H2,(H,33,36). The van der Waals surface area contributed by atoms with Crippen molar-refractivity contribution in [2.75, 3.05) is 44.6 Å². The van der Waals surface area contributed by atoms with E-state index in [4.69, 9.17) is 16.4 Å². The number of amides is 1. The minimum Gasteiger partial charge on any atom is -0.351 e. The summed E-state index contributed by atoms with van der Waals surface area (Å²) >= 11 is 9.75. The molecule has 11 heteroatoms. The summed E-state index contributed by atoms with van der Waals surface area (Å²) in [6.07, 6.45) is 5.79. The first-order valence-electron chi connectivity index (χ1n) is 12.7. The molecular formula is C26H31BrClFN6O2. The Labute approximate surface area is 229 Å². The average Bonchev–Trinajstić information content (AvgIpc) is 3.63. The van der Waals surface area contributed by atoms with Gasteiger partial charge in [0.1, 0.15) is 5.52 Å². The highest BCUT2D eigenvalue weighted by molar-refractivity contribution is 9.10. The zero-order valence-corrected chi connectivity index (χ0v) is 22.9. The van der Waals surface area contributed by atoms with Crippen molar-refractivity contribution in [2.45, 2.75) is 32.2 Å². The van der Waals surface area contributed by atoms with Crippen LogP contribution in [0.5, 0.6) is 0 Å². The molecule has 1 aromatic heterocycles. The molecule has 1 aliphatic carbocycles. The van der Waals surface area contributed by atoms with Crippen molar-refractivity contribution < 1.29 is 14.0 Å². The van der Waals surface area contributed by atoms with Gasteiger partial charge < -0.3 is 20.1 Å². The molecule has 1 aliphatic heterocycles. The summed E-state index contributed by atoms with van der Waals surface area (Å²) < 4.78 is 18.6. The Morgan fingerprint density at radius 1 is 1.22 bits per heavy atom. The van der Waals surface area contributed by atoms with Gasteiger partial charge in [0.2, 0.25) is 0 Å². The van der Waals surface area contributed by atoms with Gasteiger partial charge in [0.25, 0.3) is 5.91 Å². The first-order chi connectivity index (χ1) is 18.0. The van der Waals surface area contributed by atoms with Crippen molar-refractivity contribution in [1.82, 2.24) is 25.2 Å². The molecule has 0 spiro atoms. The predicted molar refractivity (Wildman–Crippen MR) is 147 cm³/mol. The Hall–Kier alpha value is -2.24. The normalized spacial score (nSPS) is 16.3. The lowest BCUT2D eigenvalue weighted by molar-refractivity contribution is 0.0271. The molecule has 0 radical (unpaired) electrons. The van der Waals surface area contributed by atoms with Gasteiger partial charge in [0.15, 0.2) is 5.82 Å². The number of carbonyl (C=O) groups is 1. The van der Waals surface area contributed by atoms with Gasteiger partial charge >= 0.3 is 0 Å². The highest BCUT2D eigenvalue weighted by Crippen LogP contribution is 2.34. The first kappa shape index (κ1) is 26.4. The molecular weight excluding hydrogens is 563 g/mol. The fraction of sp³-hybridized carbons (Fsp3) is 0.462. The molecule has 2 heterocycles. The molecule has 198 valence electrons. The number of piperazine rings is 1. The van der Waals surface area contributed by atoms with Crippen LogP contribution in [0.25, 0.3) is 11.0 Å². The third kappa shape index (κ3) is 6.61. The number of nitrogens with zero attached hydrogens (tertiary/aromatic N) is 3. The number of halogens is 3. The molecule has 2 aliphatic rings. The average molecular weight is 594 g/mol. The summed E-state index contributed by atoms with van der Waals surface area (Å²) in [5, 5.41) is 6.77. The zero-order chi connectivity index (χ0) is 25.8. The molecule has 0 unspecified atom stereocenters. The van der Waals surface area contributed by atoms with E-state index in [1.165, 1.54) is 0 Å². The van der Waals surface area contributed by atoms with Crippen LogP contribution in [0.4, 0.5) is 15.8 Å². The van der Waals surface area contributed by atoms with Crippen LogP contribution in [0.2, 0.25) is 5.02 Å². The van der Waals surface area contributed by atoms with Crippen molar-refractivity contribution in [3.05, 3.63) is 51.5 Å². The molecule has 3 aromatic rings. The number of unbranched alkanes of at least 4 members (excludes halogenated alkanes) is 1. The second kappa shape index (κ2) is 12.1. The third-order valence-electron chi connectivity index (χ3n) is 6.81. The number of hydrogen-bond donors (Lipinski definition) is 3. The quantitative estimate of drug-likeness (QED) is 0.212. The van der Waals surface area contributed by atoms with Gasteiger partial charge in [-0.3, -0.25) is 9.63 Å². The van der Waals surface area contributed by atoms with Gasteiger partial charge in [-0.2, -0.15) is 0 Å². The number of aromatic nitrogens is 2. The molecule has 8 nitrogen and oxygen atoms in total. The molecule has 0 bridgehead atoms. The second-order valence-corrected chi connectivity index (χ2v) is 11.0. The summed E-state index contributed by atoms with van der Waals surface area (Å²) in [6.45, 7) is 6.37. The van der Waals surface area contributed by atoms with Crippen LogP contribution in [0, 0.1) is 11.7 Å². The van der Waals surface area contributed by atoms with E-state index in [1.54, 1.807) is 30.6 Å². The summed E-state index contributed by atoms with van der Waals surface area (Å²) in [5.41, 5.74) is 3.87. The van der Waals surface area contributed by atoms with E-state index in [0.717, 1.165) is 62.9 Å². The number of aryl methyl sites for hydroxylation is 1. The Morgan fingerprint density at radius 2 is 2.00 bits per heavy atom. The van der Waals surface area contributed by atoms with Gasteiger partial charge in [-0.25, -0.2) is 14.9 Å². The molecule has 1 amide bonds. The molecule has 2 fully saturated rings. The Morgan fingerprint density at radius 3 is 2.76 bits per heavy atom. The van der Waals surface area contributed by atoms with Crippen LogP contribution in [0.3, 0.4) is 0 Å². The molecule has 1 saturated heterocycles.